The molecule has 0 radical (unpaired) electrons. The smallest absolute Gasteiger partial charge is 0.248 e. The van der Waals surface area contributed by atoms with Crippen molar-refractivity contribution in [3.05, 3.63) is 29.3 Å². The number of carbonyl (C=O) groups excluding carboxylic acids is 1. The molecule has 3 heterocycles. The first-order valence-corrected chi connectivity index (χ1v) is 9.48. The van der Waals surface area contributed by atoms with E-state index in [9.17, 15) is 9.90 Å². The van der Waals surface area contributed by atoms with Crippen molar-refractivity contribution in [1.82, 2.24) is 9.80 Å². The second-order valence-electron chi connectivity index (χ2n) is 7.96. The Morgan fingerprint density at radius 2 is 2.31 bits per heavy atom. The standard InChI is InChI=1S/C20H28N2O4/c1-25-11-19(24)22-10-17-4-6-21(12-20(17,13-22)14-23)9-15-2-3-18-16(8-15)5-7-26-18/h2-3,8,17,23H,4-7,9-14H2,1H3/t17-,20+/m0/s1. The fourth-order valence-electron chi connectivity index (χ4n) is 4.84. The van der Waals surface area contributed by atoms with Gasteiger partial charge in [-0.25, -0.2) is 0 Å². The van der Waals surface area contributed by atoms with Crippen LogP contribution in [-0.2, 0) is 22.5 Å². The summed E-state index contributed by atoms with van der Waals surface area (Å²) in [5.74, 6) is 1.42. The van der Waals surface area contributed by atoms with Crippen molar-refractivity contribution in [2.24, 2.45) is 11.3 Å². The quantitative estimate of drug-likeness (QED) is 0.846. The summed E-state index contributed by atoms with van der Waals surface area (Å²) in [6, 6.07) is 6.47. The molecule has 4 rings (SSSR count). The van der Waals surface area contributed by atoms with Gasteiger partial charge < -0.3 is 19.5 Å². The number of amides is 1. The fourth-order valence-corrected chi connectivity index (χ4v) is 4.84. The third-order valence-corrected chi connectivity index (χ3v) is 6.24. The highest BCUT2D eigenvalue weighted by atomic mass is 16.5. The molecular weight excluding hydrogens is 332 g/mol. The number of hydrogen-bond donors (Lipinski definition) is 1. The highest BCUT2D eigenvalue weighted by Crippen LogP contribution is 2.42. The summed E-state index contributed by atoms with van der Waals surface area (Å²) >= 11 is 0. The van der Waals surface area contributed by atoms with Crippen molar-refractivity contribution in [3.8, 4) is 5.75 Å². The van der Waals surface area contributed by atoms with Crippen molar-refractivity contribution in [2.45, 2.75) is 19.4 Å². The molecule has 26 heavy (non-hydrogen) atoms. The summed E-state index contributed by atoms with van der Waals surface area (Å²) in [6.07, 6.45) is 2.01. The van der Waals surface area contributed by atoms with E-state index in [1.807, 2.05) is 4.90 Å². The molecule has 1 amide bonds. The molecule has 0 unspecified atom stereocenters. The highest BCUT2D eigenvalue weighted by Gasteiger charge is 2.50. The molecule has 3 aliphatic heterocycles. The Balaban J connectivity index is 1.44. The Labute approximate surface area is 154 Å². The molecule has 2 fully saturated rings. The summed E-state index contributed by atoms with van der Waals surface area (Å²) in [5, 5.41) is 10.2. The number of aliphatic hydroxyl groups is 1. The predicted molar refractivity (Wildman–Crippen MR) is 97.0 cm³/mol. The van der Waals surface area contributed by atoms with Gasteiger partial charge in [0, 0.05) is 45.1 Å². The molecule has 0 bridgehead atoms. The van der Waals surface area contributed by atoms with Crippen molar-refractivity contribution < 1.29 is 19.4 Å². The van der Waals surface area contributed by atoms with E-state index in [0.29, 0.717) is 12.5 Å². The van der Waals surface area contributed by atoms with E-state index in [4.69, 9.17) is 9.47 Å². The lowest BCUT2D eigenvalue weighted by molar-refractivity contribution is -0.134. The molecular formula is C20H28N2O4. The largest absolute Gasteiger partial charge is 0.493 e. The van der Waals surface area contributed by atoms with Gasteiger partial charge in [-0.05, 0) is 36.1 Å². The van der Waals surface area contributed by atoms with E-state index in [1.165, 1.54) is 11.1 Å². The van der Waals surface area contributed by atoms with E-state index >= 15 is 0 Å². The summed E-state index contributed by atoms with van der Waals surface area (Å²) in [5.41, 5.74) is 2.39. The van der Waals surface area contributed by atoms with Crippen LogP contribution >= 0.6 is 0 Å². The van der Waals surface area contributed by atoms with E-state index in [-0.39, 0.29) is 24.5 Å². The lowest BCUT2D eigenvalue weighted by Crippen LogP contribution is -2.50. The number of fused-ring (bicyclic) bond motifs is 2. The van der Waals surface area contributed by atoms with Crippen LogP contribution in [-0.4, -0.2) is 73.9 Å². The fraction of sp³-hybridized carbons (Fsp3) is 0.650. The first kappa shape index (κ1) is 17.8. The number of likely N-dealkylation sites (tertiary alicyclic amines) is 2. The monoisotopic (exact) mass is 360 g/mol. The van der Waals surface area contributed by atoms with Crippen LogP contribution in [0.25, 0.3) is 0 Å². The third kappa shape index (κ3) is 3.21. The maximum atomic E-state index is 12.2. The van der Waals surface area contributed by atoms with E-state index in [0.717, 1.165) is 51.4 Å². The molecule has 0 saturated carbocycles. The van der Waals surface area contributed by atoms with Crippen molar-refractivity contribution in [2.75, 3.05) is 53.1 Å². The van der Waals surface area contributed by atoms with Gasteiger partial charge >= 0.3 is 0 Å². The second-order valence-corrected chi connectivity index (χ2v) is 7.96. The summed E-state index contributed by atoms with van der Waals surface area (Å²) in [7, 11) is 1.55. The molecule has 2 saturated heterocycles. The van der Waals surface area contributed by atoms with Crippen molar-refractivity contribution >= 4 is 5.91 Å². The third-order valence-electron chi connectivity index (χ3n) is 6.24. The number of rotatable bonds is 5. The number of hydrogen-bond acceptors (Lipinski definition) is 5. The van der Waals surface area contributed by atoms with E-state index < -0.39 is 0 Å². The Bertz CT molecular complexity index is 680. The molecule has 6 heteroatoms. The van der Waals surface area contributed by atoms with Crippen molar-refractivity contribution in [1.29, 1.82) is 0 Å². The molecule has 0 aliphatic carbocycles. The van der Waals surface area contributed by atoms with Gasteiger partial charge in [0.2, 0.25) is 5.91 Å². The van der Waals surface area contributed by atoms with Gasteiger partial charge in [-0.3, -0.25) is 9.69 Å². The van der Waals surface area contributed by atoms with Crippen LogP contribution in [0.1, 0.15) is 17.5 Å². The topological polar surface area (TPSA) is 62.2 Å². The Morgan fingerprint density at radius 3 is 3.12 bits per heavy atom. The van der Waals surface area contributed by atoms with Gasteiger partial charge in [0.25, 0.3) is 0 Å². The SMILES string of the molecule is COCC(=O)N1C[C@@H]2CCN(Cc3ccc4c(c3)CCO4)C[C@]2(CO)C1. The molecule has 1 aromatic carbocycles. The molecule has 2 atom stereocenters. The van der Waals surface area contributed by atoms with Gasteiger partial charge in [-0.1, -0.05) is 12.1 Å². The van der Waals surface area contributed by atoms with Crippen LogP contribution in [0.2, 0.25) is 0 Å². The number of methoxy groups -OCH3 is 1. The number of ether oxygens (including phenoxy) is 2. The Hall–Kier alpha value is -1.63. The molecule has 0 spiro atoms. The van der Waals surface area contributed by atoms with Crippen LogP contribution in [0, 0.1) is 11.3 Å². The van der Waals surface area contributed by atoms with E-state index in [1.54, 1.807) is 7.11 Å². The van der Waals surface area contributed by atoms with Gasteiger partial charge in [0.05, 0.1) is 13.2 Å². The molecule has 142 valence electrons. The first-order valence-electron chi connectivity index (χ1n) is 9.48. The number of aliphatic hydroxyl groups excluding tert-OH is 1. The summed E-state index contributed by atoms with van der Waals surface area (Å²) in [4.78, 5) is 16.5. The van der Waals surface area contributed by atoms with Crippen LogP contribution in [0.5, 0.6) is 5.75 Å². The van der Waals surface area contributed by atoms with Crippen LogP contribution in [0.4, 0.5) is 0 Å². The zero-order valence-electron chi connectivity index (χ0n) is 15.4. The number of nitrogens with zero attached hydrogens (tertiary/aromatic N) is 2. The van der Waals surface area contributed by atoms with Gasteiger partial charge in [-0.15, -0.1) is 0 Å². The average Bonchev–Trinajstić information content (AvgIpc) is 3.25. The molecule has 6 nitrogen and oxygen atoms in total. The second kappa shape index (κ2) is 7.18. The predicted octanol–water partition coefficient (Wildman–Crippen LogP) is 0.911. The maximum Gasteiger partial charge on any atom is 0.248 e. The lowest BCUT2D eigenvalue weighted by Gasteiger charge is -2.43. The van der Waals surface area contributed by atoms with E-state index in [2.05, 4.69) is 23.1 Å². The minimum absolute atomic E-state index is 0.0277. The zero-order valence-corrected chi connectivity index (χ0v) is 15.4. The number of carbonyl (C=O) groups is 1. The minimum atomic E-state index is -0.207. The van der Waals surface area contributed by atoms with Gasteiger partial charge in [0.15, 0.2) is 0 Å². The average molecular weight is 360 g/mol. The number of benzene rings is 1. The zero-order chi connectivity index (χ0) is 18.1. The maximum absolute atomic E-state index is 12.2. The highest BCUT2D eigenvalue weighted by molar-refractivity contribution is 5.77. The molecule has 1 N–H and O–H groups in total. The molecule has 0 aromatic heterocycles. The van der Waals surface area contributed by atoms with Gasteiger partial charge in [0.1, 0.15) is 12.4 Å². The Morgan fingerprint density at radius 1 is 1.42 bits per heavy atom. The molecule has 1 aromatic rings. The number of piperidine rings is 1. The summed E-state index contributed by atoms with van der Waals surface area (Å²) in [6.45, 7) is 5.12. The van der Waals surface area contributed by atoms with Crippen LogP contribution < -0.4 is 4.74 Å². The molecule has 3 aliphatic rings. The Kier molecular flexibility index (Phi) is 4.90. The van der Waals surface area contributed by atoms with Crippen LogP contribution in [0.3, 0.4) is 0 Å². The van der Waals surface area contributed by atoms with Crippen molar-refractivity contribution in [3.63, 3.8) is 0 Å². The van der Waals surface area contributed by atoms with Gasteiger partial charge in [-0.2, -0.15) is 0 Å². The lowest BCUT2D eigenvalue weighted by atomic mass is 9.74. The normalized spacial score (nSPS) is 27.9. The van der Waals surface area contributed by atoms with Crippen LogP contribution in [0.15, 0.2) is 18.2 Å². The minimum Gasteiger partial charge on any atom is -0.493 e. The summed E-state index contributed by atoms with van der Waals surface area (Å²) < 4.78 is 10.6. The first-order chi connectivity index (χ1) is 12.6.